The van der Waals surface area contributed by atoms with Crippen LogP contribution in [0.1, 0.15) is 38.5 Å². The zero-order valence-corrected chi connectivity index (χ0v) is 12.6. The van der Waals surface area contributed by atoms with Crippen LogP contribution in [-0.2, 0) is 10.4 Å². The van der Waals surface area contributed by atoms with E-state index in [0.29, 0.717) is 0 Å². The van der Waals surface area contributed by atoms with Gasteiger partial charge in [0.1, 0.15) is 0 Å². The van der Waals surface area contributed by atoms with Crippen molar-refractivity contribution in [3.63, 3.8) is 0 Å². The lowest BCUT2D eigenvalue weighted by Crippen LogP contribution is -2.30. The highest BCUT2D eigenvalue weighted by Crippen LogP contribution is 2.10. The molecule has 0 aliphatic carbocycles. The van der Waals surface area contributed by atoms with E-state index >= 15 is 0 Å². The molecule has 0 aromatic carbocycles. The van der Waals surface area contributed by atoms with E-state index in [9.17, 15) is 0 Å². The maximum Gasteiger partial charge on any atom is 0.394 e. The van der Waals surface area contributed by atoms with Crippen LogP contribution in [0.2, 0.25) is 0 Å². The van der Waals surface area contributed by atoms with Gasteiger partial charge in [-0.3, -0.25) is 14.1 Å². The van der Waals surface area contributed by atoms with Crippen molar-refractivity contribution in [2.45, 2.75) is 38.5 Å². The van der Waals surface area contributed by atoms with E-state index in [4.69, 9.17) is 29.0 Å². The van der Waals surface area contributed by atoms with Gasteiger partial charge in [0.15, 0.2) is 5.96 Å². The van der Waals surface area contributed by atoms with E-state index in [2.05, 4.69) is 9.89 Å². The molecule has 0 atom stereocenters. The highest BCUT2D eigenvalue weighted by Gasteiger charge is 2.06. The summed E-state index contributed by atoms with van der Waals surface area (Å²) in [6.07, 6.45) is 8.20. The minimum atomic E-state index is -4.67. The summed E-state index contributed by atoms with van der Waals surface area (Å²) < 4.78 is 31.6. The molecule has 0 unspecified atom stereocenters. The summed E-state index contributed by atoms with van der Waals surface area (Å²) in [5, 5.41) is 0. The number of hydrogen-bond donors (Lipinski definition) is 4. The minimum absolute atomic E-state index is 0.208. The molecule has 1 fully saturated rings. The second-order valence-corrected chi connectivity index (χ2v) is 5.61. The Bertz CT molecular complexity index is 351. The Kier molecular flexibility index (Phi) is 10.3. The summed E-state index contributed by atoms with van der Waals surface area (Å²) >= 11 is 0. The summed E-state index contributed by atoms with van der Waals surface area (Å²) in [4.78, 5) is 6.51. The molecule has 9 heteroatoms. The summed E-state index contributed by atoms with van der Waals surface area (Å²) in [6, 6.07) is 0. The van der Waals surface area contributed by atoms with Crippen LogP contribution in [-0.4, -0.2) is 54.6 Å². The molecule has 120 valence electrons. The second kappa shape index (κ2) is 10.8. The van der Waals surface area contributed by atoms with Gasteiger partial charge in [-0.15, -0.1) is 0 Å². The van der Waals surface area contributed by atoms with Crippen LogP contribution >= 0.6 is 0 Å². The van der Waals surface area contributed by atoms with Crippen LogP contribution in [0.3, 0.4) is 0 Å². The van der Waals surface area contributed by atoms with Gasteiger partial charge < -0.3 is 16.4 Å². The Hall–Kier alpha value is -0.900. The fourth-order valence-electron chi connectivity index (χ4n) is 2.03. The number of nitrogens with two attached hydrogens (primary N) is 2. The molecule has 0 aromatic heterocycles. The van der Waals surface area contributed by atoms with Gasteiger partial charge in [0, 0.05) is 6.54 Å². The van der Waals surface area contributed by atoms with Gasteiger partial charge >= 0.3 is 10.4 Å². The first-order chi connectivity index (χ1) is 9.29. The maximum atomic E-state index is 8.74. The Morgan fingerprint density at radius 2 is 1.40 bits per heavy atom. The third-order valence-corrected chi connectivity index (χ3v) is 2.91. The standard InChI is InChI=1S/C11H24N4.H2O4S/c12-11(13)14-7-10-15-8-5-3-1-2-4-6-9-15;1-5(2,3)4/h1-10H2,(H4,12,13,14);(H2,1,2,3,4). The first-order valence-electron chi connectivity index (χ1n) is 6.76. The van der Waals surface area contributed by atoms with Crippen LogP contribution in [0.15, 0.2) is 4.99 Å². The molecular formula is C11H26N4O4S. The van der Waals surface area contributed by atoms with E-state index in [-0.39, 0.29) is 5.96 Å². The molecule has 0 radical (unpaired) electrons. The van der Waals surface area contributed by atoms with Crippen LogP contribution in [0.25, 0.3) is 0 Å². The molecule has 0 bridgehead atoms. The lowest BCUT2D eigenvalue weighted by Gasteiger charge is -2.20. The Balaban J connectivity index is 0.000000621. The van der Waals surface area contributed by atoms with Crippen LogP contribution in [0, 0.1) is 0 Å². The molecule has 20 heavy (non-hydrogen) atoms. The molecule has 1 saturated heterocycles. The van der Waals surface area contributed by atoms with Crippen molar-refractivity contribution in [3.8, 4) is 0 Å². The van der Waals surface area contributed by atoms with Gasteiger partial charge in [0.05, 0.1) is 6.54 Å². The average molecular weight is 310 g/mol. The molecule has 0 aromatic rings. The maximum absolute atomic E-state index is 8.74. The van der Waals surface area contributed by atoms with Crippen molar-refractivity contribution in [3.05, 3.63) is 0 Å². The predicted octanol–water partition coefficient (Wildman–Crippen LogP) is 0.263. The Morgan fingerprint density at radius 1 is 1.00 bits per heavy atom. The molecule has 0 amide bonds. The summed E-state index contributed by atoms with van der Waals surface area (Å²) in [5.41, 5.74) is 10.6. The van der Waals surface area contributed by atoms with Crippen molar-refractivity contribution in [1.29, 1.82) is 0 Å². The Labute approximate surface area is 120 Å². The van der Waals surface area contributed by atoms with Crippen molar-refractivity contribution in [1.82, 2.24) is 4.90 Å². The van der Waals surface area contributed by atoms with Gasteiger partial charge in [0.2, 0.25) is 0 Å². The largest absolute Gasteiger partial charge is 0.394 e. The Morgan fingerprint density at radius 3 is 1.80 bits per heavy atom. The van der Waals surface area contributed by atoms with Crippen LogP contribution in [0.4, 0.5) is 0 Å². The highest BCUT2D eigenvalue weighted by atomic mass is 32.3. The first-order valence-corrected chi connectivity index (χ1v) is 8.16. The number of aliphatic imine (C=N–C) groups is 1. The quantitative estimate of drug-likeness (QED) is 0.333. The fourth-order valence-corrected chi connectivity index (χ4v) is 2.03. The third kappa shape index (κ3) is 17.1. The number of rotatable bonds is 3. The lowest BCUT2D eigenvalue weighted by molar-refractivity contribution is 0.276. The van der Waals surface area contributed by atoms with Crippen molar-refractivity contribution in [2.24, 2.45) is 16.5 Å². The monoisotopic (exact) mass is 310 g/mol. The molecule has 1 rings (SSSR count). The SMILES string of the molecule is NC(N)=NCCN1CCCCCCCC1.O=S(=O)(O)O. The van der Waals surface area contributed by atoms with Gasteiger partial charge in [-0.05, 0) is 25.9 Å². The van der Waals surface area contributed by atoms with Gasteiger partial charge in [0.25, 0.3) is 0 Å². The third-order valence-electron chi connectivity index (χ3n) is 2.91. The number of hydrogen-bond acceptors (Lipinski definition) is 4. The van der Waals surface area contributed by atoms with E-state index in [0.717, 1.165) is 13.1 Å². The molecule has 1 aliphatic heterocycles. The van der Waals surface area contributed by atoms with Crippen molar-refractivity contribution in [2.75, 3.05) is 26.2 Å². The predicted molar refractivity (Wildman–Crippen MR) is 79.0 cm³/mol. The number of nitrogens with zero attached hydrogens (tertiary/aromatic N) is 2. The van der Waals surface area contributed by atoms with Crippen molar-refractivity contribution >= 4 is 16.4 Å². The van der Waals surface area contributed by atoms with E-state index < -0.39 is 10.4 Å². The second-order valence-electron chi connectivity index (χ2n) is 4.72. The normalized spacial score (nSPS) is 17.9. The van der Waals surface area contributed by atoms with Crippen molar-refractivity contribution < 1.29 is 17.5 Å². The van der Waals surface area contributed by atoms with E-state index in [1.807, 2.05) is 0 Å². The minimum Gasteiger partial charge on any atom is -0.370 e. The van der Waals surface area contributed by atoms with Gasteiger partial charge in [-0.1, -0.05) is 25.7 Å². The van der Waals surface area contributed by atoms with E-state index in [1.165, 1.54) is 51.6 Å². The average Bonchev–Trinajstić information content (AvgIpc) is 2.40. The van der Waals surface area contributed by atoms with Crippen LogP contribution in [0.5, 0.6) is 0 Å². The zero-order chi connectivity index (χ0) is 15.4. The molecule has 8 nitrogen and oxygen atoms in total. The summed E-state index contributed by atoms with van der Waals surface area (Å²) in [7, 11) is -4.67. The van der Waals surface area contributed by atoms with E-state index in [1.54, 1.807) is 0 Å². The molecule has 1 heterocycles. The lowest BCUT2D eigenvalue weighted by atomic mass is 10.1. The molecule has 6 N–H and O–H groups in total. The zero-order valence-electron chi connectivity index (χ0n) is 11.7. The van der Waals surface area contributed by atoms with Crippen LogP contribution < -0.4 is 11.5 Å². The molecular weight excluding hydrogens is 284 g/mol. The first kappa shape index (κ1) is 19.1. The molecule has 0 spiro atoms. The summed E-state index contributed by atoms with van der Waals surface area (Å²) in [5.74, 6) is 0.208. The number of guanidine groups is 1. The van der Waals surface area contributed by atoms with Gasteiger partial charge in [-0.25, -0.2) is 0 Å². The smallest absolute Gasteiger partial charge is 0.370 e. The summed E-state index contributed by atoms with van der Waals surface area (Å²) in [6.45, 7) is 4.15. The fraction of sp³-hybridized carbons (Fsp3) is 0.909. The van der Waals surface area contributed by atoms with Gasteiger partial charge in [-0.2, -0.15) is 8.42 Å². The molecule has 1 aliphatic rings. The topological polar surface area (TPSA) is 142 Å². The molecule has 0 saturated carbocycles. The highest BCUT2D eigenvalue weighted by molar-refractivity contribution is 7.79.